The van der Waals surface area contributed by atoms with Gasteiger partial charge in [0.15, 0.2) is 0 Å². The van der Waals surface area contributed by atoms with E-state index < -0.39 is 11.6 Å². The lowest BCUT2D eigenvalue weighted by atomic mass is 9.92. The zero-order valence-electron chi connectivity index (χ0n) is 14.3. The predicted octanol–water partition coefficient (Wildman–Crippen LogP) is 4.96. The molecule has 0 atom stereocenters. The third-order valence-corrected chi connectivity index (χ3v) is 4.73. The van der Waals surface area contributed by atoms with Crippen LogP contribution in [0, 0.1) is 6.92 Å². The summed E-state index contributed by atoms with van der Waals surface area (Å²) in [5, 5.41) is 0. The summed E-state index contributed by atoms with van der Waals surface area (Å²) >= 11 is -0.750. The van der Waals surface area contributed by atoms with Crippen LogP contribution in [0.3, 0.4) is 0 Å². The zero-order valence-corrected chi connectivity index (χ0v) is 15.1. The Kier molecular flexibility index (Phi) is 5.71. The molecule has 0 N–H and O–H groups in total. The number of hydrogen-bond acceptors (Lipinski definition) is 3. The van der Waals surface area contributed by atoms with E-state index >= 15 is 0 Å². The fraction of sp³-hybridized carbons (Fsp3) is 0.286. The first-order valence-corrected chi connectivity index (χ1v) is 9.26. The Labute approximate surface area is 152 Å². The molecule has 0 unspecified atom stereocenters. The SMILES string of the molecule is Cc1ccc2c(c1)CC(c1ccc(C3=CCCCC3)cc1)=N2.O=S=O. The first kappa shape index (κ1) is 17.5. The highest BCUT2D eigenvalue weighted by Crippen LogP contribution is 2.31. The summed E-state index contributed by atoms with van der Waals surface area (Å²) in [6.07, 6.45) is 8.50. The van der Waals surface area contributed by atoms with Crippen LogP contribution in [0.1, 0.15) is 47.9 Å². The van der Waals surface area contributed by atoms with Crippen molar-refractivity contribution in [2.75, 3.05) is 0 Å². The molecule has 25 heavy (non-hydrogen) atoms. The molecule has 1 aliphatic heterocycles. The zero-order chi connectivity index (χ0) is 17.6. The molecule has 0 saturated heterocycles. The van der Waals surface area contributed by atoms with E-state index in [9.17, 15) is 0 Å². The van der Waals surface area contributed by atoms with Crippen molar-refractivity contribution in [2.24, 2.45) is 4.99 Å². The van der Waals surface area contributed by atoms with Crippen LogP contribution in [0.2, 0.25) is 0 Å². The van der Waals surface area contributed by atoms with Crippen LogP contribution in [0.15, 0.2) is 53.5 Å². The smallest absolute Gasteiger partial charge is 0.252 e. The number of aryl methyl sites for hydroxylation is 1. The van der Waals surface area contributed by atoms with Crippen LogP contribution in [0.5, 0.6) is 0 Å². The first-order chi connectivity index (χ1) is 12.2. The maximum Gasteiger partial charge on any atom is 0.335 e. The lowest BCUT2D eigenvalue weighted by Gasteiger charge is -2.13. The molecule has 2 aliphatic rings. The molecule has 0 radical (unpaired) electrons. The molecule has 1 heterocycles. The van der Waals surface area contributed by atoms with Crippen LogP contribution in [-0.4, -0.2) is 14.1 Å². The molecule has 0 aromatic heterocycles. The standard InChI is InChI=1S/C21H21N.O2S/c1-15-7-12-20-19(13-15)14-21(22-20)18-10-8-17(9-11-18)16-5-3-2-4-6-16;1-3-2/h5,7-13H,2-4,6,14H2,1H3;. The molecule has 0 fully saturated rings. The molecular formula is C21H21NO2S. The maximum atomic E-state index is 8.29. The topological polar surface area (TPSA) is 46.5 Å². The van der Waals surface area contributed by atoms with Gasteiger partial charge in [0.05, 0.1) is 11.4 Å². The number of allylic oxidation sites excluding steroid dienone is 2. The maximum absolute atomic E-state index is 8.29. The van der Waals surface area contributed by atoms with Gasteiger partial charge in [-0.25, -0.2) is 0 Å². The van der Waals surface area contributed by atoms with Crippen molar-refractivity contribution in [1.82, 2.24) is 0 Å². The van der Waals surface area contributed by atoms with Crippen LogP contribution in [0.25, 0.3) is 5.57 Å². The molecule has 4 rings (SSSR count). The lowest BCUT2D eigenvalue weighted by molar-refractivity contribution is 0.630. The van der Waals surface area contributed by atoms with Crippen LogP contribution < -0.4 is 0 Å². The number of nitrogens with zero attached hydrogens (tertiary/aromatic N) is 1. The van der Waals surface area contributed by atoms with Crippen molar-refractivity contribution < 1.29 is 8.42 Å². The first-order valence-electron chi connectivity index (χ1n) is 8.60. The van der Waals surface area contributed by atoms with Crippen molar-refractivity contribution in [3.63, 3.8) is 0 Å². The highest BCUT2D eigenvalue weighted by atomic mass is 32.1. The Morgan fingerprint density at radius 2 is 1.68 bits per heavy atom. The number of hydrogen-bond donors (Lipinski definition) is 0. The Morgan fingerprint density at radius 3 is 2.36 bits per heavy atom. The van der Waals surface area contributed by atoms with Crippen molar-refractivity contribution in [3.8, 4) is 0 Å². The van der Waals surface area contributed by atoms with E-state index in [4.69, 9.17) is 13.4 Å². The number of fused-ring (bicyclic) bond motifs is 1. The summed E-state index contributed by atoms with van der Waals surface area (Å²) in [5.74, 6) is 0. The van der Waals surface area contributed by atoms with Gasteiger partial charge in [-0.2, -0.15) is 8.42 Å². The number of benzene rings is 2. The average molecular weight is 351 g/mol. The van der Waals surface area contributed by atoms with E-state index in [-0.39, 0.29) is 0 Å². The third kappa shape index (κ3) is 4.20. The molecule has 1 aliphatic carbocycles. The Hall–Kier alpha value is -2.33. The number of rotatable bonds is 2. The third-order valence-electron chi connectivity index (χ3n) is 4.73. The second-order valence-corrected chi connectivity index (χ2v) is 6.62. The molecule has 0 bridgehead atoms. The van der Waals surface area contributed by atoms with E-state index in [0.717, 1.165) is 12.1 Å². The van der Waals surface area contributed by atoms with Gasteiger partial charge in [0.2, 0.25) is 0 Å². The van der Waals surface area contributed by atoms with E-state index in [0.29, 0.717) is 0 Å². The molecule has 3 nitrogen and oxygen atoms in total. The Morgan fingerprint density at radius 1 is 0.960 bits per heavy atom. The van der Waals surface area contributed by atoms with Gasteiger partial charge >= 0.3 is 11.6 Å². The van der Waals surface area contributed by atoms with Gasteiger partial charge in [-0.05, 0) is 60.9 Å². The van der Waals surface area contributed by atoms with Gasteiger partial charge in [-0.15, -0.1) is 0 Å². The monoisotopic (exact) mass is 351 g/mol. The summed E-state index contributed by atoms with van der Waals surface area (Å²) in [6.45, 7) is 2.14. The van der Waals surface area contributed by atoms with Gasteiger partial charge in [0.25, 0.3) is 0 Å². The summed E-state index contributed by atoms with van der Waals surface area (Å²) in [7, 11) is 0. The molecule has 128 valence electrons. The summed E-state index contributed by atoms with van der Waals surface area (Å²) < 4.78 is 16.6. The fourth-order valence-corrected chi connectivity index (χ4v) is 3.47. The van der Waals surface area contributed by atoms with Crippen molar-refractivity contribution in [1.29, 1.82) is 0 Å². The fourth-order valence-electron chi connectivity index (χ4n) is 3.47. The minimum Gasteiger partial charge on any atom is -0.252 e. The molecular weight excluding hydrogens is 330 g/mol. The summed E-state index contributed by atoms with van der Waals surface area (Å²) in [5.41, 5.74) is 9.17. The van der Waals surface area contributed by atoms with Crippen LogP contribution in [-0.2, 0) is 18.0 Å². The molecule has 0 spiro atoms. The molecule has 4 heteroatoms. The van der Waals surface area contributed by atoms with Crippen molar-refractivity contribution in [3.05, 3.63) is 70.8 Å². The highest BCUT2D eigenvalue weighted by Gasteiger charge is 2.16. The van der Waals surface area contributed by atoms with Gasteiger partial charge in [-0.3, -0.25) is 4.99 Å². The second kappa shape index (κ2) is 8.17. The average Bonchev–Trinajstić information content (AvgIpc) is 3.06. The van der Waals surface area contributed by atoms with Crippen LogP contribution in [0.4, 0.5) is 5.69 Å². The van der Waals surface area contributed by atoms with Gasteiger partial charge in [0, 0.05) is 6.42 Å². The van der Waals surface area contributed by atoms with Crippen molar-refractivity contribution >= 4 is 28.5 Å². The van der Waals surface area contributed by atoms with E-state index in [2.05, 4.69) is 55.5 Å². The normalized spacial score (nSPS) is 15.4. The molecule has 2 aromatic rings. The Balaban J connectivity index is 0.000000569. The minimum absolute atomic E-state index is 0.750. The quantitative estimate of drug-likeness (QED) is 0.768. The Bertz CT molecular complexity index is 860. The molecule has 0 saturated carbocycles. The minimum atomic E-state index is -0.750. The second-order valence-electron chi connectivity index (χ2n) is 6.49. The largest absolute Gasteiger partial charge is 0.335 e. The van der Waals surface area contributed by atoms with Gasteiger partial charge < -0.3 is 0 Å². The predicted molar refractivity (Wildman–Crippen MR) is 103 cm³/mol. The molecule has 0 amide bonds. The van der Waals surface area contributed by atoms with Crippen molar-refractivity contribution in [2.45, 2.75) is 39.0 Å². The van der Waals surface area contributed by atoms with E-state index in [1.165, 1.54) is 59.2 Å². The van der Waals surface area contributed by atoms with E-state index in [1.54, 1.807) is 0 Å². The van der Waals surface area contributed by atoms with Gasteiger partial charge in [-0.1, -0.05) is 48.0 Å². The summed E-state index contributed by atoms with van der Waals surface area (Å²) in [6, 6.07) is 15.5. The molecule has 2 aromatic carbocycles. The number of aliphatic imine (C=N–C) groups is 1. The van der Waals surface area contributed by atoms with E-state index in [1.807, 2.05) is 0 Å². The van der Waals surface area contributed by atoms with Crippen LogP contribution >= 0.6 is 0 Å². The van der Waals surface area contributed by atoms with Gasteiger partial charge in [0.1, 0.15) is 0 Å². The summed E-state index contributed by atoms with van der Waals surface area (Å²) in [4.78, 5) is 4.81. The lowest BCUT2D eigenvalue weighted by Crippen LogP contribution is -2.01. The highest BCUT2D eigenvalue weighted by molar-refractivity contribution is 7.51.